The number of benzene rings is 2. The van der Waals surface area contributed by atoms with Gasteiger partial charge in [0.05, 0.1) is 7.11 Å². The van der Waals surface area contributed by atoms with Crippen molar-refractivity contribution in [1.82, 2.24) is 0 Å². The number of carbonyl (C=O) groups excluding carboxylic acids is 1. The first-order valence-electron chi connectivity index (χ1n) is 8.86. The van der Waals surface area contributed by atoms with E-state index >= 15 is 0 Å². The molecule has 3 nitrogen and oxygen atoms in total. The van der Waals surface area contributed by atoms with Gasteiger partial charge in [-0.15, -0.1) is 0 Å². The van der Waals surface area contributed by atoms with Crippen LogP contribution in [0.2, 0.25) is 0 Å². The molecule has 0 amide bonds. The van der Waals surface area contributed by atoms with Gasteiger partial charge in [-0.1, -0.05) is 45.0 Å². The summed E-state index contributed by atoms with van der Waals surface area (Å²) in [6.07, 6.45) is 0.900. The van der Waals surface area contributed by atoms with Gasteiger partial charge in [-0.2, -0.15) is 0 Å². The summed E-state index contributed by atoms with van der Waals surface area (Å²) in [5.74, 6) is 1.69. The molecule has 25 heavy (non-hydrogen) atoms. The minimum Gasteiger partial charge on any atom is -0.497 e. The SMILES string of the molecule is COc1ccc(C(=O)COCCC(C)c2cccc(C(C)C)c2)cc1. The van der Waals surface area contributed by atoms with Crippen LogP contribution in [0, 0.1) is 0 Å². The van der Waals surface area contributed by atoms with Gasteiger partial charge in [0.15, 0.2) is 5.78 Å². The maximum absolute atomic E-state index is 12.1. The highest BCUT2D eigenvalue weighted by molar-refractivity contribution is 5.97. The van der Waals surface area contributed by atoms with Crippen molar-refractivity contribution in [2.45, 2.75) is 39.0 Å². The van der Waals surface area contributed by atoms with E-state index in [1.165, 1.54) is 11.1 Å². The van der Waals surface area contributed by atoms with Crippen LogP contribution >= 0.6 is 0 Å². The average Bonchev–Trinajstić information content (AvgIpc) is 2.65. The fourth-order valence-electron chi connectivity index (χ4n) is 2.68. The lowest BCUT2D eigenvalue weighted by Crippen LogP contribution is -2.11. The molecule has 2 aromatic rings. The predicted octanol–water partition coefficient (Wildman–Crippen LogP) is 5.21. The third-order valence-corrected chi connectivity index (χ3v) is 4.49. The Morgan fingerprint density at radius 2 is 1.68 bits per heavy atom. The minimum atomic E-state index is -0.00267. The molecule has 3 heteroatoms. The normalized spacial score (nSPS) is 12.2. The third kappa shape index (κ3) is 5.71. The summed E-state index contributed by atoms with van der Waals surface area (Å²) in [5.41, 5.74) is 3.34. The Morgan fingerprint density at radius 3 is 2.32 bits per heavy atom. The van der Waals surface area contributed by atoms with E-state index in [2.05, 4.69) is 45.0 Å². The number of rotatable bonds is 9. The smallest absolute Gasteiger partial charge is 0.188 e. The molecular weight excluding hydrogens is 312 g/mol. The van der Waals surface area contributed by atoms with Crippen molar-refractivity contribution in [3.63, 3.8) is 0 Å². The molecule has 0 fully saturated rings. The second-order valence-electron chi connectivity index (χ2n) is 6.72. The number of hydrogen-bond acceptors (Lipinski definition) is 3. The molecule has 0 aliphatic heterocycles. The summed E-state index contributed by atoms with van der Waals surface area (Å²) in [7, 11) is 1.61. The molecule has 0 aromatic heterocycles. The maximum atomic E-state index is 12.1. The summed E-state index contributed by atoms with van der Waals surface area (Å²) in [6, 6.07) is 15.8. The van der Waals surface area contributed by atoms with Gasteiger partial charge < -0.3 is 9.47 Å². The van der Waals surface area contributed by atoms with Crippen LogP contribution in [0.4, 0.5) is 0 Å². The van der Waals surface area contributed by atoms with Crippen molar-refractivity contribution in [2.75, 3.05) is 20.3 Å². The summed E-state index contributed by atoms with van der Waals surface area (Å²) < 4.78 is 10.7. The Hall–Kier alpha value is -2.13. The molecule has 0 aliphatic rings. The average molecular weight is 340 g/mol. The van der Waals surface area contributed by atoms with Crippen LogP contribution < -0.4 is 4.74 Å². The lowest BCUT2D eigenvalue weighted by Gasteiger charge is -2.14. The zero-order valence-corrected chi connectivity index (χ0v) is 15.6. The molecule has 0 bridgehead atoms. The molecule has 2 aromatic carbocycles. The van der Waals surface area contributed by atoms with Gasteiger partial charge in [0.1, 0.15) is 12.4 Å². The first-order valence-corrected chi connectivity index (χ1v) is 8.86. The fraction of sp³-hybridized carbons (Fsp3) is 0.409. The zero-order valence-electron chi connectivity index (χ0n) is 15.6. The maximum Gasteiger partial charge on any atom is 0.188 e. The van der Waals surface area contributed by atoms with Crippen molar-refractivity contribution in [1.29, 1.82) is 0 Å². The number of methoxy groups -OCH3 is 1. The Morgan fingerprint density at radius 1 is 1.00 bits per heavy atom. The Kier molecular flexibility index (Phi) is 7.20. The number of carbonyl (C=O) groups is 1. The van der Waals surface area contributed by atoms with E-state index in [1.54, 1.807) is 31.4 Å². The highest BCUT2D eigenvalue weighted by Crippen LogP contribution is 2.23. The Bertz CT molecular complexity index is 674. The quantitative estimate of drug-likeness (QED) is 0.464. The predicted molar refractivity (Wildman–Crippen MR) is 102 cm³/mol. The van der Waals surface area contributed by atoms with Gasteiger partial charge in [-0.25, -0.2) is 0 Å². The Balaban J connectivity index is 1.78. The molecule has 0 heterocycles. The standard InChI is InChI=1S/C22H28O3/c1-16(2)19-6-5-7-20(14-19)17(3)12-13-25-15-22(23)18-8-10-21(24-4)11-9-18/h5-11,14,16-17H,12-13,15H2,1-4H3. The summed E-state index contributed by atoms with van der Waals surface area (Å²) in [5, 5.41) is 0. The van der Waals surface area contributed by atoms with Crippen molar-refractivity contribution in [3.8, 4) is 5.75 Å². The van der Waals surface area contributed by atoms with E-state index in [-0.39, 0.29) is 12.4 Å². The van der Waals surface area contributed by atoms with Gasteiger partial charge in [0.2, 0.25) is 0 Å². The van der Waals surface area contributed by atoms with E-state index in [9.17, 15) is 4.79 Å². The number of hydrogen-bond donors (Lipinski definition) is 0. The van der Waals surface area contributed by atoms with Crippen LogP contribution in [0.25, 0.3) is 0 Å². The molecule has 0 N–H and O–H groups in total. The Labute approximate surface area is 151 Å². The van der Waals surface area contributed by atoms with Gasteiger partial charge in [0.25, 0.3) is 0 Å². The molecule has 0 radical (unpaired) electrons. The van der Waals surface area contributed by atoms with E-state index < -0.39 is 0 Å². The topological polar surface area (TPSA) is 35.5 Å². The third-order valence-electron chi connectivity index (χ3n) is 4.49. The van der Waals surface area contributed by atoms with Crippen molar-refractivity contribution < 1.29 is 14.3 Å². The lowest BCUT2D eigenvalue weighted by atomic mass is 9.93. The number of Topliss-reactive ketones (excluding diaryl/α,β-unsaturated/α-hetero) is 1. The molecule has 0 saturated heterocycles. The van der Waals surface area contributed by atoms with Gasteiger partial charge in [-0.05, 0) is 53.6 Å². The first kappa shape index (κ1) is 19.2. The van der Waals surface area contributed by atoms with E-state index in [4.69, 9.17) is 9.47 Å². The van der Waals surface area contributed by atoms with E-state index in [1.807, 2.05) is 0 Å². The minimum absolute atomic E-state index is 0.00267. The highest BCUT2D eigenvalue weighted by Gasteiger charge is 2.10. The van der Waals surface area contributed by atoms with Gasteiger partial charge in [-0.3, -0.25) is 4.79 Å². The molecule has 0 spiro atoms. The van der Waals surface area contributed by atoms with Gasteiger partial charge >= 0.3 is 0 Å². The highest BCUT2D eigenvalue weighted by atomic mass is 16.5. The molecule has 0 saturated carbocycles. The van der Waals surface area contributed by atoms with Crippen LogP contribution in [0.1, 0.15) is 60.5 Å². The van der Waals surface area contributed by atoms with E-state index in [0.29, 0.717) is 24.0 Å². The molecule has 134 valence electrons. The van der Waals surface area contributed by atoms with Crippen molar-refractivity contribution in [2.24, 2.45) is 0 Å². The largest absolute Gasteiger partial charge is 0.497 e. The molecule has 1 atom stereocenters. The number of ether oxygens (including phenoxy) is 2. The fourth-order valence-corrected chi connectivity index (χ4v) is 2.68. The van der Waals surface area contributed by atoms with Gasteiger partial charge in [0, 0.05) is 12.2 Å². The van der Waals surface area contributed by atoms with Crippen LogP contribution in [-0.4, -0.2) is 26.1 Å². The monoisotopic (exact) mass is 340 g/mol. The zero-order chi connectivity index (χ0) is 18.2. The molecular formula is C22H28O3. The lowest BCUT2D eigenvalue weighted by molar-refractivity contribution is 0.0748. The molecule has 2 rings (SSSR count). The second-order valence-corrected chi connectivity index (χ2v) is 6.72. The second kappa shape index (κ2) is 9.38. The van der Waals surface area contributed by atoms with Crippen LogP contribution in [0.3, 0.4) is 0 Å². The van der Waals surface area contributed by atoms with Crippen LogP contribution in [-0.2, 0) is 4.74 Å². The molecule has 0 aliphatic carbocycles. The van der Waals surface area contributed by atoms with Crippen molar-refractivity contribution >= 4 is 5.78 Å². The summed E-state index contributed by atoms with van der Waals surface area (Å²) in [6.45, 7) is 7.31. The van der Waals surface area contributed by atoms with E-state index in [0.717, 1.165) is 12.2 Å². The first-order chi connectivity index (χ1) is 12.0. The van der Waals surface area contributed by atoms with Crippen LogP contribution in [0.5, 0.6) is 5.75 Å². The number of ketones is 1. The van der Waals surface area contributed by atoms with Crippen molar-refractivity contribution in [3.05, 3.63) is 65.2 Å². The molecule has 1 unspecified atom stereocenters. The van der Waals surface area contributed by atoms with Crippen LogP contribution in [0.15, 0.2) is 48.5 Å². The summed E-state index contributed by atoms with van der Waals surface area (Å²) in [4.78, 5) is 12.1. The summed E-state index contributed by atoms with van der Waals surface area (Å²) >= 11 is 0.